The lowest BCUT2D eigenvalue weighted by Crippen LogP contribution is -2.59. The third-order valence-electron chi connectivity index (χ3n) is 2.52. The highest BCUT2D eigenvalue weighted by Gasteiger charge is 2.33. The Balaban J connectivity index is 2.71. The number of nitrogens with zero attached hydrogens (tertiary/aromatic N) is 1. The van der Waals surface area contributed by atoms with E-state index < -0.39 is 18.0 Å². The molecular formula is C8H16N4O3. The second-order valence-corrected chi connectivity index (χ2v) is 3.42. The van der Waals surface area contributed by atoms with Crippen LogP contribution in [0.15, 0.2) is 0 Å². The maximum atomic E-state index is 11.3. The van der Waals surface area contributed by atoms with Gasteiger partial charge in [0.2, 0.25) is 5.91 Å². The molecular weight excluding hydrogens is 200 g/mol. The first kappa shape index (κ1) is 11.9. The van der Waals surface area contributed by atoms with Crippen molar-refractivity contribution in [3.05, 3.63) is 0 Å². The molecule has 1 saturated heterocycles. The average molecular weight is 216 g/mol. The highest BCUT2D eigenvalue weighted by Crippen LogP contribution is 2.10. The number of amides is 2. The molecule has 0 aromatic rings. The van der Waals surface area contributed by atoms with E-state index >= 15 is 0 Å². The van der Waals surface area contributed by atoms with Crippen molar-refractivity contribution in [1.82, 2.24) is 10.3 Å². The molecule has 0 aliphatic carbocycles. The fourth-order valence-electron chi connectivity index (χ4n) is 1.60. The molecule has 0 saturated carbocycles. The van der Waals surface area contributed by atoms with Crippen molar-refractivity contribution in [3.8, 4) is 0 Å². The Labute approximate surface area is 87.7 Å². The van der Waals surface area contributed by atoms with Gasteiger partial charge in [-0.25, -0.2) is 5.84 Å². The molecule has 2 atom stereocenters. The fraction of sp³-hybridized carbons (Fsp3) is 0.750. The molecule has 0 aromatic carbocycles. The summed E-state index contributed by atoms with van der Waals surface area (Å²) in [5, 5.41) is 0. The van der Waals surface area contributed by atoms with Gasteiger partial charge in [0.1, 0.15) is 6.04 Å². The van der Waals surface area contributed by atoms with Gasteiger partial charge in [0.25, 0.3) is 5.91 Å². The molecule has 5 N–H and O–H groups in total. The van der Waals surface area contributed by atoms with Crippen LogP contribution >= 0.6 is 0 Å². The van der Waals surface area contributed by atoms with Crippen LogP contribution in [0.4, 0.5) is 0 Å². The van der Waals surface area contributed by atoms with Gasteiger partial charge in [0, 0.05) is 6.54 Å². The highest BCUT2D eigenvalue weighted by molar-refractivity contribution is 5.84. The van der Waals surface area contributed by atoms with E-state index in [0.29, 0.717) is 13.2 Å². The van der Waals surface area contributed by atoms with E-state index in [4.69, 9.17) is 16.3 Å². The fourth-order valence-corrected chi connectivity index (χ4v) is 1.60. The van der Waals surface area contributed by atoms with Gasteiger partial charge >= 0.3 is 0 Å². The number of primary amides is 1. The Bertz CT molecular complexity index is 258. The Morgan fingerprint density at radius 1 is 1.60 bits per heavy atom. The molecule has 0 spiro atoms. The topological polar surface area (TPSA) is 111 Å². The minimum atomic E-state index is -0.564. The van der Waals surface area contributed by atoms with Gasteiger partial charge in [-0.05, 0) is 6.92 Å². The van der Waals surface area contributed by atoms with Crippen molar-refractivity contribution in [2.24, 2.45) is 11.6 Å². The number of hydrogen-bond acceptors (Lipinski definition) is 5. The summed E-state index contributed by atoms with van der Waals surface area (Å²) in [6, 6.07) is -1.05. The van der Waals surface area contributed by atoms with Crippen LogP contribution in [-0.4, -0.2) is 48.6 Å². The van der Waals surface area contributed by atoms with E-state index in [1.165, 1.54) is 0 Å². The summed E-state index contributed by atoms with van der Waals surface area (Å²) in [6.45, 7) is 2.86. The number of ether oxygens (including phenoxy) is 1. The van der Waals surface area contributed by atoms with Gasteiger partial charge in [0.15, 0.2) is 0 Å². The number of rotatable bonds is 3. The molecule has 2 amide bonds. The lowest BCUT2D eigenvalue weighted by atomic mass is 10.1. The molecule has 86 valence electrons. The average Bonchev–Trinajstić information content (AvgIpc) is 2.27. The second kappa shape index (κ2) is 5.06. The van der Waals surface area contributed by atoms with Crippen LogP contribution in [0.2, 0.25) is 0 Å². The van der Waals surface area contributed by atoms with Crippen LogP contribution in [-0.2, 0) is 14.3 Å². The van der Waals surface area contributed by atoms with Gasteiger partial charge in [-0.2, -0.15) is 0 Å². The van der Waals surface area contributed by atoms with Crippen LogP contribution in [0.1, 0.15) is 6.92 Å². The van der Waals surface area contributed by atoms with Gasteiger partial charge in [-0.3, -0.25) is 19.9 Å². The van der Waals surface area contributed by atoms with Crippen molar-refractivity contribution in [2.45, 2.75) is 19.0 Å². The van der Waals surface area contributed by atoms with Crippen molar-refractivity contribution in [3.63, 3.8) is 0 Å². The van der Waals surface area contributed by atoms with E-state index in [-0.39, 0.29) is 12.5 Å². The van der Waals surface area contributed by atoms with Crippen LogP contribution in [0.3, 0.4) is 0 Å². The monoisotopic (exact) mass is 216 g/mol. The maximum absolute atomic E-state index is 11.3. The quantitative estimate of drug-likeness (QED) is 0.275. The molecule has 0 radical (unpaired) electrons. The summed E-state index contributed by atoms with van der Waals surface area (Å²) in [5.74, 6) is 4.19. The predicted molar refractivity (Wildman–Crippen MR) is 52.3 cm³/mol. The van der Waals surface area contributed by atoms with Crippen LogP contribution in [0.5, 0.6) is 0 Å². The number of morpholine rings is 1. The Kier molecular flexibility index (Phi) is 4.01. The standard InChI is InChI=1S/C8H16N4O3/c1-5(8(14)11-10)12-2-3-15-4-6(12)7(9)13/h5-6H,2-4,10H2,1H3,(H2,9,13)(H,11,14). The molecule has 0 bridgehead atoms. The second-order valence-electron chi connectivity index (χ2n) is 3.42. The van der Waals surface area contributed by atoms with Crippen molar-refractivity contribution in [2.75, 3.05) is 19.8 Å². The predicted octanol–water partition coefficient (Wildman–Crippen LogP) is -2.45. The molecule has 0 aromatic heterocycles. The first-order chi connectivity index (χ1) is 7.07. The summed E-state index contributed by atoms with van der Waals surface area (Å²) in [4.78, 5) is 24.1. The number of nitrogens with two attached hydrogens (primary N) is 2. The summed E-state index contributed by atoms with van der Waals surface area (Å²) in [5.41, 5.74) is 7.26. The first-order valence-corrected chi connectivity index (χ1v) is 4.71. The molecule has 1 heterocycles. The summed E-state index contributed by atoms with van der Waals surface area (Å²) in [6.07, 6.45) is 0. The summed E-state index contributed by atoms with van der Waals surface area (Å²) >= 11 is 0. The first-order valence-electron chi connectivity index (χ1n) is 4.71. The Morgan fingerprint density at radius 3 is 2.80 bits per heavy atom. The molecule has 1 fully saturated rings. The summed E-state index contributed by atoms with van der Waals surface area (Å²) in [7, 11) is 0. The zero-order valence-corrected chi connectivity index (χ0v) is 8.60. The number of hydrogen-bond donors (Lipinski definition) is 3. The molecule has 1 aliphatic heterocycles. The number of nitrogens with one attached hydrogen (secondary N) is 1. The molecule has 1 aliphatic rings. The third-order valence-corrected chi connectivity index (χ3v) is 2.52. The normalized spacial score (nSPS) is 24.5. The lowest BCUT2D eigenvalue weighted by Gasteiger charge is -2.36. The SMILES string of the molecule is CC(C(=O)NN)N1CCOCC1C(N)=O. The molecule has 15 heavy (non-hydrogen) atoms. The van der Waals surface area contributed by atoms with Crippen molar-refractivity contribution < 1.29 is 14.3 Å². The van der Waals surface area contributed by atoms with Crippen LogP contribution in [0.25, 0.3) is 0 Å². The van der Waals surface area contributed by atoms with E-state index in [2.05, 4.69) is 0 Å². The zero-order valence-electron chi connectivity index (χ0n) is 8.60. The number of carbonyl (C=O) groups excluding carboxylic acids is 2. The minimum Gasteiger partial charge on any atom is -0.378 e. The van der Waals surface area contributed by atoms with E-state index in [1.807, 2.05) is 5.43 Å². The third kappa shape index (κ3) is 2.65. The number of hydrazine groups is 1. The van der Waals surface area contributed by atoms with E-state index in [9.17, 15) is 9.59 Å². The maximum Gasteiger partial charge on any atom is 0.250 e. The largest absolute Gasteiger partial charge is 0.378 e. The Hall–Kier alpha value is -1.18. The van der Waals surface area contributed by atoms with Crippen molar-refractivity contribution in [1.29, 1.82) is 0 Å². The molecule has 7 heteroatoms. The van der Waals surface area contributed by atoms with Gasteiger partial charge in [-0.15, -0.1) is 0 Å². The molecule has 1 rings (SSSR count). The van der Waals surface area contributed by atoms with Gasteiger partial charge < -0.3 is 10.5 Å². The number of carbonyl (C=O) groups is 2. The van der Waals surface area contributed by atoms with Crippen LogP contribution < -0.4 is 17.0 Å². The smallest absolute Gasteiger partial charge is 0.250 e. The van der Waals surface area contributed by atoms with E-state index in [1.54, 1.807) is 11.8 Å². The zero-order chi connectivity index (χ0) is 11.4. The summed E-state index contributed by atoms with van der Waals surface area (Å²) < 4.78 is 5.13. The molecule has 2 unspecified atom stereocenters. The minimum absolute atomic E-state index is 0.220. The van der Waals surface area contributed by atoms with E-state index in [0.717, 1.165) is 0 Å². The molecule has 7 nitrogen and oxygen atoms in total. The highest BCUT2D eigenvalue weighted by atomic mass is 16.5. The van der Waals surface area contributed by atoms with Crippen molar-refractivity contribution >= 4 is 11.8 Å². The Morgan fingerprint density at radius 2 is 2.27 bits per heavy atom. The lowest BCUT2D eigenvalue weighted by molar-refractivity contribution is -0.137. The van der Waals surface area contributed by atoms with Gasteiger partial charge in [0.05, 0.1) is 19.3 Å². The van der Waals surface area contributed by atoms with Gasteiger partial charge in [-0.1, -0.05) is 0 Å². The van der Waals surface area contributed by atoms with Crippen LogP contribution in [0, 0.1) is 0 Å².